The van der Waals surface area contributed by atoms with Gasteiger partial charge in [0.2, 0.25) is 0 Å². The molecule has 32 heavy (non-hydrogen) atoms. The van der Waals surface area contributed by atoms with Crippen molar-refractivity contribution in [3.05, 3.63) is 86.7 Å². The molecule has 0 spiro atoms. The lowest BCUT2D eigenvalue weighted by molar-refractivity contribution is -0.122. The molecule has 1 saturated heterocycles. The lowest BCUT2D eigenvalue weighted by Gasteiger charge is -2.26. The van der Waals surface area contributed by atoms with Gasteiger partial charge in [0.05, 0.1) is 15.7 Å². The molecule has 4 rings (SSSR count). The summed E-state index contributed by atoms with van der Waals surface area (Å²) in [5.41, 5.74) is 4.68. The van der Waals surface area contributed by atoms with Gasteiger partial charge in [-0.25, -0.2) is 9.69 Å². The van der Waals surface area contributed by atoms with Crippen LogP contribution in [0.2, 0.25) is 10.0 Å². The number of carbonyl (C=O) groups excluding carboxylic acids is 3. The summed E-state index contributed by atoms with van der Waals surface area (Å²) in [5.74, 6) is -1.49. The number of nitrogens with zero attached hydrogens (tertiary/aromatic N) is 2. The van der Waals surface area contributed by atoms with E-state index in [0.717, 1.165) is 27.5 Å². The topological polar surface area (TPSA) is 71.4 Å². The zero-order valence-electron chi connectivity index (χ0n) is 17.6. The maximum Gasteiger partial charge on any atom is 0.335 e. The Morgan fingerprint density at radius 3 is 2.16 bits per heavy atom. The Hall–Kier alpha value is -3.35. The molecule has 1 N–H and O–H groups in total. The van der Waals surface area contributed by atoms with Crippen LogP contribution >= 0.6 is 23.2 Å². The van der Waals surface area contributed by atoms with Gasteiger partial charge in [-0.2, -0.15) is 0 Å². The van der Waals surface area contributed by atoms with Gasteiger partial charge in [-0.1, -0.05) is 40.9 Å². The first-order valence-corrected chi connectivity index (χ1v) is 10.6. The Kier molecular flexibility index (Phi) is 5.67. The Morgan fingerprint density at radius 1 is 0.844 bits per heavy atom. The number of nitrogens with one attached hydrogen (secondary N) is 1. The third-order valence-corrected chi connectivity index (χ3v) is 6.06. The highest BCUT2D eigenvalue weighted by Crippen LogP contribution is 2.30. The monoisotopic (exact) mass is 467 g/mol. The zero-order chi connectivity index (χ0) is 23.2. The summed E-state index contributed by atoms with van der Waals surface area (Å²) >= 11 is 12.0. The van der Waals surface area contributed by atoms with Crippen LogP contribution in [0.25, 0.3) is 11.8 Å². The summed E-state index contributed by atoms with van der Waals surface area (Å²) in [6.45, 7) is 5.87. The van der Waals surface area contributed by atoms with Crippen LogP contribution in [0.15, 0.2) is 54.1 Å². The maximum absolute atomic E-state index is 13.2. The van der Waals surface area contributed by atoms with E-state index < -0.39 is 17.8 Å². The van der Waals surface area contributed by atoms with E-state index in [2.05, 4.69) is 5.32 Å². The van der Waals surface area contributed by atoms with Crippen molar-refractivity contribution in [2.75, 3.05) is 4.90 Å². The molecule has 0 radical (unpaired) electrons. The van der Waals surface area contributed by atoms with Crippen molar-refractivity contribution in [3.63, 3.8) is 0 Å². The molecule has 0 unspecified atom stereocenters. The fourth-order valence-electron chi connectivity index (χ4n) is 3.70. The second-order valence-electron chi connectivity index (χ2n) is 7.55. The molecular formula is C24H19Cl2N3O3. The van der Waals surface area contributed by atoms with Crippen LogP contribution in [0.5, 0.6) is 0 Å². The normalized spacial score (nSPS) is 15.5. The number of hydrogen-bond donors (Lipinski definition) is 1. The number of imide groups is 2. The molecular weight excluding hydrogens is 449 g/mol. The summed E-state index contributed by atoms with van der Waals surface area (Å²) < 4.78 is 2.04. The third-order valence-electron chi connectivity index (χ3n) is 5.33. The van der Waals surface area contributed by atoms with Gasteiger partial charge in [0.25, 0.3) is 11.8 Å². The van der Waals surface area contributed by atoms with E-state index in [-0.39, 0.29) is 21.3 Å². The first kappa shape index (κ1) is 21.9. The molecule has 6 nitrogen and oxygen atoms in total. The first-order valence-electron chi connectivity index (χ1n) is 9.80. The van der Waals surface area contributed by atoms with Gasteiger partial charge in [-0.05, 0) is 68.8 Å². The highest BCUT2D eigenvalue weighted by molar-refractivity contribution is 6.43. The van der Waals surface area contributed by atoms with Crippen LogP contribution in [0.3, 0.4) is 0 Å². The number of aryl methyl sites for hydroxylation is 2. The number of barbiturate groups is 1. The summed E-state index contributed by atoms with van der Waals surface area (Å²) in [6.07, 6.45) is 1.50. The van der Waals surface area contributed by atoms with Gasteiger partial charge in [0.15, 0.2) is 0 Å². The highest BCUT2D eigenvalue weighted by atomic mass is 35.5. The van der Waals surface area contributed by atoms with E-state index in [9.17, 15) is 14.4 Å². The predicted octanol–water partition coefficient (Wildman–Crippen LogP) is 5.38. The van der Waals surface area contributed by atoms with E-state index in [0.29, 0.717) is 5.56 Å². The predicted molar refractivity (Wildman–Crippen MR) is 125 cm³/mol. The number of carbonyl (C=O) groups is 3. The SMILES string of the molecule is Cc1ccc(-n2c(C)cc(/C=C3\C(=O)NC(=O)N(c4ccc(Cl)c(Cl)c4)C3=O)c2C)cc1. The van der Waals surface area contributed by atoms with Crippen molar-refractivity contribution in [2.24, 2.45) is 0 Å². The molecule has 4 amide bonds. The minimum absolute atomic E-state index is 0.153. The molecule has 162 valence electrons. The average molecular weight is 468 g/mol. The Morgan fingerprint density at radius 2 is 1.50 bits per heavy atom. The number of rotatable bonds is 3. The molecule has 1 aliphatic heterocycles. The molecule has 0 aliphatic carbocycles. The molecule has 1 aliphatic rings. The molecule has 0 saturated carbocycles. The largest absolute Gasteiger partial charge is 0.335 e. The number of anilines is 1. The maximum atomic E-state index is 13.2. The van der Waals surface area contributed by atoms with Crippen molar-refractivity contribution in [1.82, 2.24) is 9.88 Å². The van der Waals surface area contributed by atoms with Gasteiger partial charge in [-0.15, -0.1) is 0 Å². The Balaban J connectivity index is 1.76. The molecule has 8 heteroatoms. The minimum Gasteiger partial charge on any atom is -0.318 e. The standard InChI is InChI=1S/C24H19Cl2N3O3/c1-13-4-6-17(7-5-13)28-14(2)10-16(15(28)3)11-19-22(30)27-24(32)29(23(19)31)18-8-9-20(25)21(26)12-18/h4-12H,1-3H3,(H,27,30,32)/b19-11+. The molecule has 2 heterocycles. The second-order valence-corrected chi connectivity index (χ2v) is 8.37. The number of urea groups is 1. The molecule has 0 atom stereocenters. The number of aromatic nitrogens is 1. The molecule has 1 fully saturated rings. The summed E-state index contributed by atoms with van der Waals surface area (Å²) in [4.78, 5) is 39.0. The van der Waals surface area contributed by atoms with Gasteiger partial charge >= 0.3 is 6.03 Å². The fraction of sp³-hybridized carbons (Fsp3) is 0.125. The number of amides is 4. The second kappa shape index (κ2) is 8.30. The quantitative estimate of drug-likeness (QED) is 0.415. The van der Waals surface area contributed by atoms with Crippen LogP contribution < -0.4 is 10.2 Å². The minimum atomic E-state index is -0.847. The van der Waals surface area contributed by atoms with E-state index >= 15 is 0 Å². The molecule has 0 bridgehead atoms. The van der Waals surface area contributed by atoms with E-state index in [4.69, 9.17) is 23.2 Å². The third kappa shape index (κ3) is 3.83. The van der Waals surface area contributed by atoms with Crippen LogP contribution in [0.1, 0.15) is 22.5 Å². The van der Waals surface area contributed by atoms with Crippen molar-refractivity contribution in [3.8, 4) is 5.69 Å². The molecule has 3 aromatic rings. The van der Waals surface area contributed by atoms with Crippen LogP contribution in [0, 0.1) is 20.8 Å². The van der Waals surface area contributed by atoms with Crippen LogP contribution in [0.4, 0.5) is 10.5 Å². The molecule has 2 aromatic carbocycles. The summed E-state index contributed by atoms with van der Waals surface area (Å²) in [6, 6.07) is 13.5. The number of benzene rings is 2. The lowest BCUT2D eigenvalue weighted by Crippen LogP contribution is -2.54. The Labute approximate surface area is 195 Å². The first-order chi connectivity index (χ1) is 15.2. The van der Waals surface area contributed by atoms with Crippen molar-refractivity contribution >= 4 is 52.8 Å². The van der Waals surface area contributed by atoms with E-state index in [1.165, 1.54) is 24.3 Å². The van der Waals surface area contributed by atoms with Crippen LogP contribution in [-0.4, -0.2) is 22.4 Å². The smallest absolute Gasteiger partial charge is 0.318 e. The Bertz CT molecular complexity index is 1310. The van der Waals surface area contributed by atoms with Crippen LogP contribution in [-0.2, 0) is 9.59 Å². The van der Waals surface area contributed by atoms with Gasteiger partial charge < -0.3 is 4.57 Å². The number of hydrogen-bond acceptors (Lipinski definition) is 3. The van der Waals surface area contributed by atoms with Crippen molar-refractivity contribution < 1.29 is 14.4 Å². The van der Waals surface area contributed by atoms with E-state index in [1.807, 2.05) is 55.7 Å². The lowest BCUT2D eigenvalue weighted by atomic mass is 10.1. The van der Waals surface area contributed by atoms with E-state index in [1.54, 1.807) is 0 Å². The highest BCUT2D eigenvalue weighted by Gasteiger charge is 2.37. The van der Waals surface area contributed by atoms with Gasteiger partial charge in [-0.3, -0.25) is 14.9 Å². The number of halogens is 2. The fourth-order valence-corrected chi connectivity index (χ4v) is 3.99. The summed E-state index contributed by atoms with van der Waals surface area (Å²) in [5, 5.41) is 2.69. The zero-order valence-corrected chi connectivity index (χ0v) is 19.1. The average Bonchev–Trinajstić information content (AvgIpc) is 3.01. The molecule has 1 aromatic heterocycles. The van der Waals surface area contributed by atoms with Gasteiger partial charge in [0.1, 0.15) is 5.57 Å². The van der Waals surface area contributed by atoms with Gasteiger partial charge in [0, 0.05) is 17.1 Å². The van der Waals surface area contributed by atoms with Crippen molar-refractivity contribution in [2.45, 2.75) is 20.8 Å². The van der Waals surface area contributed by atoms with Crippen molar-refractivity contribution in [1.29, 1.82) is 0 Å². The summed E-state index contributed by atoms with van der Waals surface area (Å²) in [7, 11) is 0.